The Bertz CT molecular complexity index is 475. The van der Waals surface area contributed by atoms with Gasteiger partial charge in [0.05, 0.1) is 0 Å². The van der Waals surface area contributed by atoms with E-state index in [1.165, 1.54) is 37.7 Å². The van der Waals surface area contributed by atoms with Gasteiger partial charge in [-0.25, -0.2) is 0 Å². The summed E-state index contributed by atoms with van der Waals surface area (Å²) in [5.41, 5.74) is 2.22. The minimum atomic E-state index is 0.204. The largest absolute Gasteiger partial charge is 0.326 e. The van der Waals surface area contributed by atoms with E-state index in [4.69, 9.17) is 0 Å². The normalized spacial score (nSPS) is 22.6. The molecule has 0 heterocycles. The zero-order valence-corrected chi connectivity index (χ0v) is 16.1. The number of benzene rings is 1. The van der Waals surface area contributed by atoms with Gasteiger partial charge in [-0.15, -0.1) is 0 Å². The average Bonchev–Trinajstić information content (AvgIpc) is 2.54. The summed E-state index contributed by atoms with van der Waals surface area (Å²) in [5.74, 6) is 1.26. The van der Waals surface area contributed by atoms with E-state index in [9.17, 15) is 4.79 Å². The molecule has 128 valence electrons. The number of amides is 1. The molecule has 3 heteroatoms. The van der Waals surface area contributed by atoms with E-state index in [1.807, 2.05) is 12.1 Å². The monoisotopic (exact) mass is 379 g/mol. The Kier molecular flexibility index (Phi) is 7.61. The lowest BCUT2D eigenvalue weighted by Crippen LogP contribution is -2.27. The highest BCUT2D eigenvalue weighted by Gasteiger charge is 2.25. The van der Waals surface area contributed by atoms with Gasteiger partial charge >= 0.3 is 0 Å². The van der Waals surface area contributed by atoms with Gasteiger partial charge in [0.1, 0.15) is 0 Å². The van der Waals surface area contributed by atoms with Gasteiger partial charge in [0.25, 0.3) is 0 Å². The molecular formula is C20H30BrNO. The van der Waals surface area contributed by atoms with Crippen LogP contribution in [-0.2, 0) is 11.2 Å². The van der Waals surface area contributed by atoms with Gasteiger partial charge in [-0.1, -0.05) is 61.2 Å². The van der Waals surface area contributed by atoms with Crippen LogP contribution >= 0.6 is 15.9 Å². The molecule has 0 bridgehead atoms. The van der Waals surface area contributed by atoms with Crippen molar-refractivity contribution in [2.24, 2.45) is 11.8 Å². The van der Waals surface area contributed by atoms with Crippen molar-refractivity contribution in [3.8, 4) is 0 Å². The Morgan fingerprint density at radius 3 is 2.43 bits per heavy atom. The summed E-state index contributed by atoms with van der Waals surface area (Å²) in [6, 6.07) is 8.26. The lowest BCUT2D eigenvalue weighted by Gasteiger charge is -2.27. The van der Waals surface area contributed by atoms with Crippen molar-refractivity contribution < 1.29 is 4.79 Å². The van der Waals surface area contributed by atoms with E-state index in [0.717, 1.165) is 30.9 Å². The first-order valence-electron chi connectivity index (χ1n) is 9.12. The molecule has 1 amide bonds. The van der Waals surface area contributed by atoms with Crippen LogP contribution in [0.25, 0.3) is 0 Å². The standard InChI is InChI=1S/C20H30BrNO/c1-3-4-5-16-6-10-18(11-7-16)20(23)22-19-12-8-17(9-13-19)14-15(2)21/h8-9,12-13,15-16,18H,3-7,10-11,14H2,1-2H3,(H,22,23). The van der Waals surface area contributed by atoms with Crippen LogP contribution in [0.4, 0.5) is 5.69 Å². The second-order valence-corrected chi connectivity index (χ2v) is 8.59. The highest BCUT2D eigenvalue weighted by atomic mass is 79.9. The molecule has 0 saturated heterocycles. The van der Waals surface area contributed by atoms with Gasteiger partial charge in [0.2, 0.25) is 5.91 Å². The number of alkyl halides is 1. The van der Waals surface area contributed by atoms with Crippen molar-refractivity contribution in [1.29, 1.82) is 0 Å². The molecule has 1 saturated carbocycles. The average molecular weight is 380 g/mol. The second kappa shape index (κ2) is 9.46. The summed E-state index contributed by atoms with van der Waals surface area (Å²) < 4.78 is 0. The quantitative estimate of drug-likeness (QED) is 0.582. The number of halogens is 1. The Morgan fingerprint density at radius 1 is 1.22 bits per heavy atom. The maximum absolute atomic E-state index is 12.4. The number of rotatable bonds is 7. The van der Waals surface area contributed by atoms with Gasteiger partial charge in [0, 0.05) is 16.4 Å². The fraction of sp³-hybridized carbons (Fsp3) is 0.650. The summed E-state index contributed by atoms with van der Waals surface area (Å²) >= 11 is 3.57. The van der Waals surface area contributed by atoms with E-state index < -0.39 is 0 Å². The predicted molar refractivity (Wildman–Crippen MR) is 102 cm³/mol. The van der Waals surface area contributed by atoms with Gasteiger partial charge in [-0.05, 0) is 55.7 Å². The summed E-state index contributed by atoms with van der Waals surface area (Å²) in [6.45, 7) is 4.40. The number of unbranched alkanes of at least 4 members (excludes halogenated alkanes) is 1. The lowest BCUT2D eigenvalue weighted by molar-refractivity contribution is -0.121. The van der Waals surface area contributed by atoms with Crippen LogP contribution in [0.3, 0.4) is 0 Å². The maximum Gasteiger partial charge on any atom is 0.227 e. The van der Waals surface area contributed by atoms with Crippen LogP contribution in [0.15, 0.2) is 24.3 Å². The first-order valence-corrected chi connectivity index (χ1v) is 10.0. The number of carbonyl (C=O) groups is 1. The van der Waals surface area contributed by atoms with Crippen molar-refractivity contribution in [3.05, 3.63) is 29.8 Å². The molecule has 0 aromatic heterocycles. The molecule has 1 N–H and O–H groups in total. The minimum Gasteiger partial charge on any atom is -0.326 e. The molecule has 2 rings (SSSR count). The minimum absolute atomic E-state index is 0.204. The van der Waals surface area contributed by atoms with Gasteiger partial charge in [0.15, 0.2) is 0 Å². The van der Waals surface area contributed by atoms with E-state index in [1.54, 1.807) is 0 Å². The SMILES string of the molecule is CCCCC1CCC(C(=O)Nc2ccc(CC(C)Br)cc2)CC1. The number of anilines is 1. The third-order valence-corrected chi connectivity index (χ3v) is 5.25. The molecule has 1 unspecified atom stereocenters. The second-order valence-electron chi connectivity index (χ2n) is 7.03. The lowest BCUT2D eigenvalue weighted by atomic mass is 9.79. The Balaban J connectivity index is 1.78. The highest BCUT2D eigenvalue weighted by Crippen LogP contribution is 2.32. The van der Waals surface area contributed by atoms with Crippen molar-refractivity contribution in [2.75, 3.05) is 5.32 Å². The van der Waals surface area contributed by atoms with Crippen LogP contribution in [0, 0.1) is 11.8 Å². The predicted octanol–water partition coefficient (Wildman–Crippen LogP) is 5.95. The van der Waals surface area contributed by atoms with Crippen LogP contribution in [0.5, 0.6) is 0 Å². The molecule has 23 heavy (non-hydrogen) atoms. The third-order valence-electron chi connectivity index (χ3n) is 4.92. The molecule has 1 aliphatic rings. The van der Waals surface area contributed by atoms with Crippen molar-refractivity contribution in [3.63, 3.8) is 0 Å². The molecule has 0 radical (unpaired) electrons. The fourth-order valence-electron chi connectivity index (χ4n) is 3.50. The number of nitrogens with one attached hydrogen (secondary N) is 1. The number of hydrogen-bond acceptors (Lipinski definition) is 1. The van der Waals surface area contributed by atoms with Gasteiger partial charge in [-0.2, -0.15) is 0 Å². The molecule has 1 aromatic rings. The first-order chi connectivity index (χ1) is 11.1. The highest BCUT2D eigenvalue weighted by molar-refractivity contribution is 9.09. The van der Waals surface area contributed by atoms with Crippen molar-refractivity contribution >= 4 is 27.5 Å². The topological polar surface area (TPSA) is 29.1 Å². The number of hydrogen-bond donors (Lipinski definition) is 1. The number of carbonyl (C=O) groups excluding carboxylic acids is 1. The summed E-state index contributed by atoms with van der Waals surface area (Å²) in [4.78, 5) is 12.9. The molecule has 1 atom stereocenters. The van der Waals surface area contributed by atoms with Gasteiger partial charge < -0.3 is 5.32 Å². The first kappa shape index (κ1) is 18.5. The molecule has 1 aliphatic carbocycles. The van der Waals surface area contributed by atoms with Crippen molar-refractivity contribution in [1.82, 2.24) is 0 Å². The zero-order chi connectivity index (χ0) is 16.7. The Morgan fingerprint density at radius 2 is 1.87 bits per heavy atom. The molecule has 2 nitrogen and oxygen atoms in total. The zero-order valence-electron chi connectivity index (χ0n) is 14.5. The summed E-state index contributed by atoms with van der Waals surface area (Å²) in [7, 11) is 0. The van der Waals surface area contributed by atoms with Crippen LogP contribution in [-0.4, -0.2) is 10.7 Å². The van der Waals surface area contributed by atoms with E-state index in [0.29, 0.717) is 4.83 Å². The molecule has 1 aromatic carbocycles. The van der Waals surface area contributed by atoms with Crippen molar-refractivity contribution in [2.45, 2.75) is 70.0 Å². The third kappa shape index (κ3) is 6.29. The Labute approximate surface area is 149 Å². The van der Waals surface area contributed by atoms with Gasteiger partial charge in [-0.3, -0.25) is 4.79 Å². The van der Waals surface area contributed by atoms with Crippen LogP contribution in [0.2, 0.25) is 0 Å². The molecule has 1 fully saturated rings. The smallest absolute Gasteiger partial charge is 0.227 e. The van der Waals surface area contributed by atoms with E-state index in [-0.39, 0.29) is 11.8 Å². The van der Waals surface area contributed by atoms with Crippen LogP contribution < -0.4 is 5.32 Å². The van der Waals surface area contributed by atoms with Crippen LogP contribution in [0.1, 0.15) is 64.4 Å². The van der Waals surface area contributed by atoms with E-state index in [2.05, 4.69) is 47.2 Å². The maximum atomic E-state index is 12.4. The van der Waals surface area contributed by atoms with E-state index >= 15 is 0 Å². The molecular weight excluding hydrogens is 350 g/mol. The summed E-state index contributed by atoms with van der Waals surface area (Å²) in [6.07, 6.45) is 9.53. The molecule has 0 aliphatic heterocycles. The Hall–Kier alpha value is -0.830. The summed E-state index contributed by atoms with van der Waals surface area (Å²) in [5, 5.41) is 3.10. The fourth-order valence-corrected chi connectivity index (χ4v) is 3.87. The molecule has 0 spiro atoms.